The van der Waals surface area contributed by atoms with Crippen LogP contribution in [0.3, 0.4) is 0 Å². The zero-order valence-electron chi connectivity index (χ0n) is 8.79. The quantitative estimate of drug-likeness (QED) is 0.605. The van der Waals surface area contributed by atoms with Gasteiger partial charge >= 0.3 is 0 Å². The number of nitrogens with zero attached hydrogens (tertiary/aromatic N) is 2. The van der Waals surface area contributed by atoms with Crippen molar-refractivity contribution in [2.24, 2.45) is 5.92 Å². The van der Waals surface area contributed by atoms with Crippen molar-refractivity contribution < 1.29 is 0 Å². The van der Waals surface area contributed by atoms with Gasteiger partial charge in [0.05, 0.1) is 0 Å². The summed E-state index contributed by atoms with van der Waals surface area (Å²) in [5.41, 5.74) is 0. The smallest absolute Gasteiger partial charge is 0.226 e. The Bertz CT molecular complexity index is 173. The predicted octanol–water partition coefficient (Wildman–Crippen LogP) is 2.42. The van der Waals surface area contributed by atoms with Gasteiger partial charge < -0.3 is 9.74 Å². The lowest BCUT2D eigenvalue weighted by atomic mass is 10.0. The lowest BCUT2D eigenvalue weighted by Crippen LogP contribution is -2.35. The van der Waals surface area contributed by atoms with Crippen LogP contribution in [0.4, 0.5) is 0 Å². The van der Waals surface area contributed by atoms with Crippen LogP contribution in [0.2, 0.25) is 0 Å². The summed E-state index contributed by atoms with van der Waals surface area (Å²) in [7, 11) is 0. The summed E-state index contributed by atoms with van der Waals surface area (Å²) in [4.78, 5) is 6.10. The fourth-order valence-electron chi connectivity index (χ4n) is 1.71. The van der Waals surface area contributed by atoms with Crippen molar-refractivity contribution in [1.82, 2.24) is 4.90 Å². The predicted molar refractivity (Wildman–Crippen MR) is 55.5 cm³/mol. The molecule has 1 heterocycles. The van der Waals surface area contributed by atoms with Crippen LogP contribution >= 0.6 is 0 Å². The Balaban J connectivity index is 2.15. The molecule has 2 heteroatoms. The maximum Gasteiger partial charge on any atom is 0.226 e. The third-order valence-electron chi connectivity index (χ3n) is 2.76. The molecule has 1 rings (SSSR count). The molecule has 0 aromatic heterocycles. The lowest BCUT2D eigenvalue weighted by molar-refractivity contribution is 0.212. The van der Waals surface area contributed by atoms with E-state index in [0.717, 1.165) is 31.8 Å². The molecule has 0 atom stereocenters. The van der Waals surface area contributed by atoms with Crippen molar-refractivity contribution in [3.63, 3.8) is 0 Å². The number of likely N-dealkylation sites (tertiary alicyclic amines) is 1. The van der Waals surface area contributed by atoms with E-state index in [-0.39, 0.29) is 0 Å². The van der Waals surface area contributed by atoms with E-state index in [9.17, 15) is 0 Å². The molecule has 0 amide bonds. The van der Waals surface area contributed by atoms with E-state index >= 15 is 0 Å². The Morgan fingerprint density at radius 1 is 1.38 bits per heavy atom. The topological polar surface area (TPSA) is 7.60 Å². The molecular formula is C11H20N2. The van der Waals surface area contributed by atoms with Crippen LogP contribution in [0, 0.1) is 12.5 Å². The van der Waals surface area contributed by atoms with Crippen LogP contribution in [0.1, 0.15) is 33.1 Å². The highest BCUT2D eigenvalue weighted by atomic mass is 15.1. The van der Waals surface area contributed by atoms with Crippen molar-refractivity contribution in [2.75, 3.05) is 19.6 Å². The third kappa shape index (κ3) is 3.78. The van der Waals surface area contributed by atoms with Gasteiger partial charge in [0.15, 0.2) is 0 Å². The zero-order chi connectivity index (χ0) is 9.68. The van der Waals surface area contributed by atoms with Gasteiger partial charge in [-0.25, -0.2) is 6.57 Å². The Morgan fingerprint density at radius 3 is 2.46 bits per heavy atom. The molecule has 2 nitrogen and oxygen atoms in total. The summed E-state index contributed by atoms with van der Waals surface area (Å²) in [5, 5.41) is 0. The molecule has 0 spiro atoms. The fraction of sp³-hybridized carbons (Fsp3) is 0.909. The highest BCUT2D eigenvalue weighted by Crippen LogP contribution is 2.14. The molecule has 0 bridgehead atoms. The molecule has 1 saturated heterocycles. The average Bonchev–Trinajstić information content (AvgIpc) is 2.15. The average molecular weight is 180 g/mol. The maximum absolute atomic E-state index is 6.94. The van der Waals surface area contributed by atoms with E-state index in [2.05, 4.69) is 23.6 Å². The fourth-order valence-corrected chi connectivity index (χ4v) is 1.71. The van der Waals surface area contributed by atoms with Gasteiger partial charge in [0.25, 0.3) is 0 Å². The van der Waals surface area contributed by atoms with Gasteiger partial charge in [-0.2, -0.15) is 0 Å². The van der Waals surface area contributed by atoms with Gasteiger partial charge in [0, 0.05) is 25.9 Å². The summed E-state index contributed by atoms with van der Waals surface area (Å²) >= 11 is 0. The first-order valence-electron chi connectivity index (χ1n) is 5.31. The van der Waals surface area contributed by atoms with Crippen molar-refractivity contribution >= 4 is 0 Å². The molecule has 0 unspecified atom stereocenters. The largest absolute Gasteiger partial charge is 0.314 e. The molecule has 1 aliphatic heterocycles. The molecule has 1 aliphatic rings. The lowest BCUT2D eigenvalue weighted by Gasteiger charge is -2.27. The van der Waals surface area contributed by atoms with E-state index in [4.69, 9.17) is 6.57 Å². The van der Waals surface area contributed by atoms with Crippen molar-refractivity contribution in [2.45, 2.75) is 39.2 Å². The molecule has 0 radical (unpaired) electrons. The van der Waals surface area contributed by atoms with Gasteiger partial charge in [-0.1, -0.05) is 13.8 Å². The van der Waals surface area contributed by atoms with E-state index < -0.39 is 0 Å². The van der Waals surface area contributed by atoms with Gasteiger partial charge in [0.2, 0.25) is 6.04 Å². The van der Waals surface area contributed by atoms with Crippen LogP contribution < -0.4 is 0 Å². The number of hydrogen-bond donors (Lipinski definition) is 0. The minimum absolute atomic E-state index is 0.315. The second-order valence-corrected chi connectivity index (χ2v) is 4.38. The minimum atomic E-state index is 0.315. The molecule has 0 saturated carbocycles. The highest BCUT2D eigenvalue weighted by molar-refractivity contribution is 4.84. The van der Waals surface area contributed by atoms with E-state index in [0.29, 0.717) is 6.04 Å². The molecule has 0 N–H and O–H groups in total. The molecule has 13 heavy (non-hydrogen) atoms. The van der Waals surface area contributed by atoms with E-state index in [1.807, 2.05) is 0 Å². The van der Waals surface area contributed by atoms with Gasteiger partial charge in [-0.3, -0.25) is 0 Å². The minimum Gasteiger partial charge on any atom is -0.314 e. The van der Waals surface area contributed by atoms with Crippen LogP contribution in [0.5, 0.6) is 0 Å². The molecule has 1 fully saturated rings. The Hall–Kier alpha value is -0.550. The summed E-state index contributed by atoms with van der Waals surface area (Å²) < 4.78 is 0. The zero-order valence-corrected chi connectivity index (χ0v) is 8.79. The summed E-state index contributed by atoms with van der Waals surface area (Å²) in [6.45, 7) is 15.0. The van der Waals surface area contributed by atoms with Crippen LogP contribution in [0.25, 0.3) is 4.85 Å². The summed E-state index contributed by atoms with van der Waals surface area (Å²) in [6.07, 6.45) is 3.46. The van der Waals surface area contributed by atoms with Crippen LogP contribution in [-0.4, -0.2) is 30.6 Å². The number of piperidine rings is 1. The van der Waals surface area contributed by atoms with Gasteiger partial charge in [-0.05, 0) is 18.9 Å². The second-order valence-electron chi connectivity index (χ2n) is 4.38. The van der Waals surface area contributed by atoms with Crippen molar-refractivity contribution in [3.8, 4) is 0 Å². The Kier molecular flexibility index (Phi) is 4.24. The summed E-state index contributed by atoms with van der Waals surface area (Å²) in [6, 6.07) is 0.315. The SMILES string of the molecule is [C-]#[N+]C1CCN(CCC(C)C)CC1. The molecular weight excluding hydrogens is 160 g/mol. The second kappa shape index (κ2) is 5.24. The monoisotopic (exact) mass is 180 g/mol. The van der Waals surface area contributed by atoms with Crippen LogP contribution in [-0.2, 0) is 0 Å². The third-order valence-corrected chi connectivity index (χ3v) is 2.76. The molecule has 0 aromatic rings. The number of rotatable bonds is 3. The van der Waals surface area contributed by atoms with Crippen LogP contribution in [0.15, 0.2) is 0 Å². The molecule has 0 aromatic carbocycles. The van der Waals surface area contributed by atoms with Gasteiger partial charge in [0.1, 0.15) is 0 Å². The van der Waals surface area contributed by atoms with Gasteiger partial charge in [-0.15, -0.1) is 0 Å². The maximum atomic E-state index is 6.94. The Labute approximate surface area is 81.7 Å². The normalized spacial score (nSPS) is 20.5. The van der Waals surface area contributed by atoms with E-state index in [1.165, 1.54) is 13.0 Å². The molecule has 74 valence electrons. The Morgan fingerprint density at radius 2 is 2.00 bits per heavy atom. The molecule has 0 aliphatic carbocycles. The summed E-state index contributed by atoms with van der Waals surface area (Å²) in [5.74, 6) is 0.804. The highest BCUT2D eigenvalue weighted by Gasteiger charge is 2.21. The number of hydrogen-bond acceptors (Lipinski definition) is 1. The van der Waals surface area contributed by atoms with Crippen molar-refractivity contribution in [1.29, 1.82) is 0 Å². The van der Waals surface area contributed by atoms with Crippen molar-refractivity contribution in [3.05, 3.63) is 11.4 Å². The first kappa shape index (κ1) is 10.5. The standard InChI is InChI=1S/C11H20N2/c1-10(2)4-7-13-8-5-11(12-3)6-9-13/h10-11H,4-9H2,1-2H3. The van der Waals surface area contributed by atoms with E-state index in [1.54, 1.807) is 0 Å². The first-order valence-corrected chi connectivity index (χ1v) is 5.31. The first-order chi connectivity index (χ1) is 6.22.